The van der Waals surface area contributed by atoms with E-state index in [9.17, 15) is 4.39 Å². The molecule has 0 fully saturated rings. The highest BCUT2D eigenvalue weighted by atomic mass is 19.1. The Morgan fingerprint density at radius 1 is 1.19 bits per heavy atom. The Labute approximate surface area is 126 Å². The van der Waals surface area contributed by atoms with Gasteiger partial charge in [0.05, 0.1) is 11.4 Å². The highest BCUT2D eigenvalue weighted by molar-refractivity contribution is 5.43. The van der Waals surface area contributed by atoms with Crippen LogP contribution < -0.4 is 5.32 Å². The second kappa shape index (κ2) is 6.85. The van der Waals surface area contributed by atoms with E-state index in [2.05, 4.69) is 24.3 Å². The first-order chi connectivity index (χ1) is 10.0. The van der Waals surface area contributed by atoms with Gasteiger partial charge in [-0.25, -0.2) is 9.07 Å². The van der Waals surface area contributed by atoms with Gasteiger partial charge in [0, 0.05) is 5.69 Å². The third-order valence-corrected chi connectivity index (χ3v) is 3.81. The molecule has 0 atom stereocenters. The molecule has 1 heterocycles. The van der Waals surface area contributed by atoms with Gasteiger partial charge < -0.3 is 5.32 Å². The third kappa shape index (κ3) is 3.50. The van der Waals surface area contributed by atoms with E-state index >= 15 is 0 Å². The lowest BCUT2D eigenvalue weighted by atomic mass is 10.1. The number of aromatic nitrogens is 2. The molecule has 0 unspecified atom stereocenters. The lowest BCUT2D eigenvalue weighted by molar-refractivity contribution is 0.625. The van der Waals surface area contributed by atoms with Crippen LogP contribution in [-0.4, -0.2) is 22.9 Å². The Morgan fingerprint density at radius 3 is 2.62 bits per heavy atom. The molecule has 0 bridgehead atoms. The van der Waals surface area contributed by atoms with Crippen molar-refractivity contribution >= 4 is 0 Å². The Kier molecular flexibility index (Phi) is 5.12. The van der Waals surface area contributed by atoms with Gasteiger partial charge in [-0.05, 0) is 76.0 Å². The highest BCUT2D eigenvalue weighted by Crippen LogP contribution is 2.21. The Morgan fingerprint density at radius 2 is 1.95 bits per heavy atom. The quantitative estimate of drug-likeness (QED) is 0.825. The smallest absolute Gasteiger partial charge is 0.123 e. The summed E-state index contributed by atoms with van der Waals surface area (Å²) in [7, 11) is 0. The second-order valence-electron chi connectivity index (χ2n) is 5.49. The molecule has 1 N–H and O–H groups in total. The fraction of sp³-hybridized carbons (Fsp3) is 0.471. The number of rotatable bonds is 6. The van der Waals surface area contributed by atoms with Crippen LogP contribution >= 0.6 is 0 Å². The fourth-order valence-electron chi connectivity index (χ4n) is 2.64. The molecule has 0 aliphatic rings. The molecule has 0 saturated heterocycles. The Bertz CT molecular complexity index is 617. The topological polar surface area (TPSA) is 29.9 Å². The average molecular weight is 289 g/mol. The van der Waals surface area contributed by atoms with E-state index in [4.69, 9.17) is 0 Å². The van der Waals surface area contributed by atoms with Gasteiger partial charge in [0.1, 0.15) is 5.82 Å². The maximum Gasteiger partial charge on any atom is 0.123 e. The van der Waals surface area contributed by atoms with Gasteiger partial charge in [0.15, 0.2) is 0 Å². The summed E-state index contributed by atoms with van der Waals surface area (Å²) in [6.45, 7) is 10.2. The molecule has 0 amide bonds. The monoisotopic (exact) mass is 289 g/mol. The molecule has 1 aromatic heterocycles. The van der Waals surface area contributed by atoms with Gasteiger partial charge in [-0.3, -0.25) is 0 Å². The summed E-state index contributed by atoms with van der Waals surface area (Å²) in [5, 5.41) is 8.06. The molecule has 0 spiro atoms. The van der Waals surface area contributed by atoms with Crippen LogP contribution in [0.4, 0.5) is 4.39 Å². The second-order valence-corrected chi connectivity index (χ2v) is 5.49. The zero-order valence-corrected chi connectivity index (χ0v) is 13.3. The van der Waals surface area contributed by atoms with Crippen LogP contribution in [0.5, 0.6) is 0 Å². The highest BCUT2D eigenvalue weighted by Gasteiger charge is 2.13. The van der Waals surface area contributed by atoms with Crippen molar-refractivity contribution in [3.05, 3.63) is 46.5 Å². The third-order valence-electron chi connectivity index (χ3n) is 3.81. The van der Waals surface area contributed by atoms with Gasteiger partial charge >= 0.3 is 0 Å². The number of aryl methyl sites for hydroxylation is 2. The molecule has 0 aliphatic carbocycles. The Balaban J connectivity index is 2.26. The van der Waals surface area contributed by atoms with E-state index in [-0.39, 0.29) is 5.82 Å². The molecule has 2 aromatic rings. The van der Waals surface area contributed by atoms with Crippen LogP contribution in [-0.2, 0) is 6.42 Å². The SMILES string of the molecule is CCCNCCc1c(C)nn(-c2ccc(F)cc2C)c1C. The van der Waals surface area contributed by atoms with Crippen molar-refractivity contribution in [1.29, 1.82) is 0 Å². The van der Waals surface area contributed by atoms with Crippen molar-refractivity contribution in [3.63, 3.8) is 0 Å². The van der Waals surface area contributed by atoms with E-state index in [1.807, 2.05) is 18.5 Å². The number of hydrogen-bond donors (Lipinski definition) is 1. The zero-order chi connectivity index (χ0) is 15.4. The zero-order valence-electron chi connectivity index (χ0n) is 13.3. The average Bonchev–Trinajstić information content (AvgIpc) is 2.71. The Hall–Kier alpha value is -1.68. The van der Waals surface area contributed by atoms with Crippen LogP contribution in [0.1, 0.15) is 35.9 Å². The number of benzene rings is 1. The van der Waals surface area contributed by atoms with E-state index in [0.717, 1.165) is 48.6 Å². The lowest BCUT2D eigenvalue weighted by Gasteiger charge is -2.09. The standard InChI is InChI=1S/C17H24FN3/c1-5-9-19-10-8-16-13(3)20-21(14(16)4)17-7-6-15(18)11-12(17)2/h6-7,11,19H,5,8-10H2,1-4H3. The molecule has 21 heavy (non-hydrogen) atoms. The summed E-state index contributed by atoms with van der Waals surface area (Å²) in [6.07, 6.45) is 2.11. The largest absolute Gasteiger partial charge is 0.316 e. The van der Waals surface area contributed by atoms with Crippen molar-refractivity contribution < 1.29 is 4.39 Å². The van der Waals surface area contributed by atoms with Crippen LogP contribution in [0.3, 0.4) is 0 Å². The number of nitrogens with one attached hydrogen (secondary N) is 1. The van der Waals surface area contributed by atoms with Gasteiger partial charge in [-0.15, -0.1) is 0 Å². The maximum absolute atomic E-state index is 13.2. The number of halogens is 1. The van der Waals surface area contributed by atoms with Crippen molar-refractivity contribution in [2.75, 3.05) is 13.1 Å². The summed E-state index contributed by atoms with van der Waals surface area (Å²) in [5.41, 5.74) is 5.32. The van der Waals surface area contributed by atoms with Crippen LogP contribution in [0.25, 0.3) is 5.69 Å². The van der Waals surface area contributed by atoms with Crippen LogP contribution in [0.2, 0.25) is 0 Å². The van der Waals surface area contributed by atoms with Crippen LogP contribution in [0, 0.1) is 26.6 Å². The predicted octanol–water partition coefficient (Wildman–Crippen LogP) is 3.48. The van der Waals surface area contributed by atoms with Gasteiger partial charge in [0.25, 0.3) is 0 Å². The van der Waals surface area contributed by atoms with Crippen molar-refractivity contribution in [3.8, 4) is 5.69 Å². The molecule has 0 saturated carbocycles. The number of hydrogen-bond acceptors (Lipinski definition) is 2. The van der Waals surface area contributed by atoms with Gasteiger partial charge in [-0.1, -0.05) is 6.92 Å². The molecule has 1 aromatic carbocycles. The molecule has 2 rings (SSSR count). The summed E-state index contributed by atoms with van der Waals surface area (Å²) in [5.74, 6) is -0.207. The summed E-state index contributed by atoms with van der Waals surface area (Å²) >= 11 is 0. The minimum absolute atomic E-state index is 0.207. The van der Waals surface area contributed by atoms with E-state index in [0.29, 0.717) is 0 Å². The minimum Gasteiger partial charge on any atom is -0.316 e. The molecule has 114 valence electrons. The number of nitrogens with zero attached hydrogens (tertiary/aromatic N) is 2. The van der Waals surface area contributed by atoms with Crippen LogP contribution in [0.15, 0.2) is 18.2 Å². The fourth-order valence-corrected chi connectivity index (χ4v) is 2.64. The minimum atomic E-state index is -0.207. The molecular formula is C17H24FN3. The summed E-state index contributed by atoms with van der Waals surface area (Å²) in [6, 6.07) is 4.83. The van der Waals surface area contributed by atoms with E-state index in [1.54, 1.807) is 12.1 Å². The summed E-state index contributed by atoms with van der Waals surface area (Å²) in [4.78, 5) is 0. The van der Waals surface area contributed by atoms with Crippen molar-refractivity contribution in [2.24, 2.45) is 0 Å². The molecule has 3 nitrogen and oxygen atoms in total. The first kappa shape index (κ1) is 15.7. The van der Waals surface area contributed by atoms with Crippen molar-refractivity contribution in [2.45, 2.75) is 40.5 Å². The maximum atomic E-state index is 13.2. The summed E-state index contributed by atoms with van der Waals surface area (Å²) < 4.78 is 15.2. The molecular weight excluding hydrogens is 265 g/mol. The van der Waals surface area contributed by atoms with E-state index in [1.165, 1.54) is 11.6 Å². The van der Waals surface area contributed by atoms with Gasteiger partial charge in [0.2, 0.25) is 0 Å². The first-order valence-corrected chi connectivity index (χ1v) is 7.57. The first-order valence-electron chi connectivity index (χ1n) is 7.57. The predicted molar refractivity (Wildman–Crippen MR) is 84.6 cm³/mol. The molecule has 4 heteroatoms. The molecule has 0 radical (unpaired) electrons. The van der Waals surface area contributed by atoms with Crippen molar-refractivity contribution in [1.82, 2.24) is 15.1 Å². The van der Waals surface area contributed by atoms with Gasteiger partial charge in [-0.2, -0.15) is 5.10 Å². The lowest BCUT2D eigenvalue weighted by Crippen LogP contribution is -2.18. The van der Waals surface area contributed by atoms with E-state index < -0.39 is 0 Å². The normalized spacial score (nSPS) is 11.1. The molecule has 0 aliphatic heterocycles.